The number of nitrogens with one attached hydrogen (secondary N) is 2. The average Bonchev–Trinajstić information content (AvgIpc) is 3.04. The van der Waals surface area contributed by atoms with Crippen molar-refractivity contribution in [3.63, 3.8) is 0 Å². The minimum atomic E-state index is -3.37. The van der Waals surface area contributed by atoms with E-state index in [1.165, 1.54) is 12.7 Å². The molecular weight excluding hydrogens is 312 g/mol. The number of imidazole rings is 1. The van der Waals surface area contributed by atoms with Gasteiger partial charge in [0.25, 0.3) is 0 Å². The molecule has 0 saturated heterocycles. The summed E-state index contributed by atoms with van der Waals surface area (Å²) in [6.07, 6.45) is 3.75. The van der Waals surface area contributed by atoms with Crippen molar-refractivity contribution in [2.24, 2.45) is 0 Å². The van der Waals surface area contributed by atoms with Crippen molar-refractivity contribution in [2.75, 3.05) is 13.6 Å². The maximum absolute atomic E-state index is 11.8. The number of nitrogens with zero attached hydrogens (tertiary/aromatic N) is 2. The monoisotopic (exact) mass is 334 g/mol. The second-order valence-corrected chi connectivity index (χ2v) is 7.65. The normalized spacial score (nSPS) is 18.8. The Morgan fingerprint density at radius 2 is 2.09 bits per heavy atom. The molecule has 1 aliphatic rings. The van der Waals surface area contributed by atoms with Crippen LogP contribution in [-0.2, 0) is 23.0 Å². The van der Waals surface area contributed by atoms with Gasteiger partial charge in [-0.3, -0.25) is 4.90 Å². The first-order chi connectivity index (χ1) is 11.0. The van der Waals surface area contributed by atoms with Crippen molar-refractivity contribution in [1.29, 1.82) is 0 Å². The Morgan fingerprint density at radius 1 is 1.35 bits per heavy atom. The molecular formula is C16H22N4O2S. The molecule has 0 spiro atoms. The molecule has 2 aromatic rings. The lowest BCUT2D eigenvalue weighted by Crippen LogP contribution is -2.34. The van der Waals surface area contributed by atoms with Crippen LogP contribution in [0.25, 0.3) is 0 Å². The van der Waals surface area contributed by atoms with E-state index in [1.807, 2.05) is 12.1 Å². The quantitative estimate of drug-likeness (QED) is 0.874. The van der Waals surface area contributed by atoms with Crippen LogP contribution in [0.1, 0.15) is 36.3 Å². The molecule has 124 valence electrons. The molecule has 0 aliphatic carbocycles. The molecule has 0 radical (unpaired) electrons. The van der Waals surface area contributed by atoms with Gasteiger partial charge in [-0.15, -0.1) is 0 Å². The Kier molecular flexibility index (Phi) is 4.52. The smallest absolute Gasteiger partial charge is 0.240 e. The predicted molar refractivity (Wildman–Crippen MR) is 88.4 cm³/mol. The summed E-state index contributed by atoms with van der Waals surface area (Å²) in [5.41, 5.74) is 3.49. The van der Waals surface area contributed by atoms with Crippen LogP contribution in [0.3, 0.4) is 0 Å². The van der Waals surface area contributed by atoms with Crippen LogP contribution >= 0.6 is 0 Å². The zero-order chi connectivity index (χ0) is 16.4. The van der Waals surface area contributed by atoms with E-state index in [9.17, 15) is 8.42 Å². The molecule has 7 heteroatoms. The van der Waals surface area contributed by atoms with Crippen LogP contribution in [0, 0.1) is 0 Å². The van der Waals surface area contributed by atoms with Crippen LogP contribution < -0.4 is 4.72 Å². The van der Waals surface area contributed by atoms with E-state index in [2.05, 4.69) is 26.5 Å². The Hall–Kier alpha value is -1.70. The third-order valence-corrected chi connectivity index (χ3v) is 5.86. The highest BCUT2D eigenvalue weighted by Crippen LogP contribution is 2.31. The molecule has 0 bridgehead atoms. The lowest BCUT2D eigenvalue weighted by Gasteiger charge is -2.34. The zero-order valence-electron chi connectivity index (χ0n) is 13.4. The van der Waals surface area contributed by atoms with Crippen LogP contribution in [0.2, 0.25) is 0 Å². The Bertz CT molecular complexity index is 768. The standard InChI is InChI=1S/C16H22N4O2S/c1-3-15-16-14(18-11-19-16)8-9-20(15)10-12-4-6-13(7-5-12)23(21,22)17-2/h4-7,11,15,17H,3,8-10H2,1-2H3,(H,18,19). The van der Waals surface area contributed by atoms with Gasteiger partial charge in [0.05, 0.1) is 23.0 Å². The molecule has 1 aromatic heterocycles. The van der Waals surface area contributed by atoms with Crippen LogP contribution in [0.4, 0.5) is 0 Å². The number of fused-ring (bicyclic) bond motifs is 1. The average molecular weight is 334 g/mol. The summed E-state index contributed by atoms with van der Waals surface area (Å²) < 4.78 is 25.9. The highest BCUT2D eigenvalue weighted by molar-refractivity contribution is 7.89. The van der Waals surface area contributed by atoms with Gasteiger partial charge in [0.2, 0.25) is 10.0 Å². The predicted octanol–water partition coefficient (Wildman–Crippen LogP) is 1.83. The molecule has 1 aromatic carbocycles. The van der Waals surface area contributed by atoms with E-state index in [0.29, 0.717) is 10.9 Å². The molecule has 0 fully saturated rings. The molecule has 3 rings (SSSR count). The lowest BCUT2D eigenvalue weighted by atomic mass is 10.00. The van der Waals surface area contributed by atoms with Crippen LogP contribution in [0.15, 0.2) is 35.5 Å². The minimum absolute atomic E-state index is 0.295. The summed E-state index contributed by atoms with van der Waals surface area (Å²) in [4.78, 5) is 10.4. The molecule has 6 nitrogen and oxygen atoms in total. The van der Waals surface area contributed by atoms with Crippen molar-refractivity contribution in [3.05, 3.63) is 47.5 Å². The zero-order valence-corrected chi connectivity index (χ0v) is 14.2. The van der Waals surface area contributed by atoms with Crippen molar-refractivity contribution < 1.29 is 8.42 Å². The summed E-state index contributed by atoms with van der Waals surface area (Å²) in [6.45, 7) is 3.94. The van der Waals surface area contributed by atoms with Crippen molar-refractivity contribution in [1.82, 2.24) is 19.6 Å². The fourth-order valence-electron chi connectivity index (χ4n) is 3.17. The summed E-state index contributed by atoms with van der Waals surface area (Å²) in [5, 5.41) is 0. The van der Waals surface area contributed by atoms with Gasteiger partial charge < -0.3 is 4.98 Å². The van der Waals surface area contributed by atoms with Gasteiger partial charge in [-0.2, -0.15) is 0 Å². The Labute approximate surface area is 137 Å². The van der Waals surface area contributed by atoms with Gasteiger partial charge in [-0.1, -0.05) is 19.1 Å². The van der Waals surface area contributed by atoms with E-state index in [4.69, 9.17) is 0 Å². The summed E-state index contributed by atoms with van der Waals surface area (Å²) in [7, 11) is -1.95. The van der Waals surface area contributed by atoms with E-state index < -0.39 is 10.0 Å². The maximum Gasteiger partial charge on any atom is 0.240 e. The summed E-state index contributed by atoms with van der Waals surface area (Å²) in [6, 6.07) is 7.40. The first kappa shape index (κ1) is 16.2. The van der Waals surface area contributed by atoms with E-state index in [-0.39, 0.29) is 0 Å². The fraction of sp³-hybridized carbons (Fsp3) is 0.438. The van der Waals surface area contributed by atoms with Crippen molar-refractivity contribution >= 4 is 10.0 Å². The number of H-pyrrole nitrogens is 1. The second-order valence-electron chi connectivity index (χ2n) is 5.76. The first-order valence-corrected chi connectivity index (χ1v) is 9.32. The maximum atomic E-state index is 11.8. The van der Waals surface area contributed by atoms with Gasteiger partial charge in [-0.05, 0) is 31.2 Å². The van der Waals surface area contributed by atoms with Crippen LogP contribution in [0.5, 0.6) is 0 Å². The summed E-state index contributed by atoms with van der Waals surface area (Å²) in [5.74, 6) is 0. The van der Waals surface area contributed by atoms with Gasteiger partial charge in [0.15, 0.2) is 0 Å². The molecule has 0 amide bonds. The van der Waals surface area contributed by atoms with Gasteiger partial charge in [0.1, 0.15) is 0 Å². The molecule has 1 unspecified atom stereocenters. The van der Waals surface area contributed by atoms with E-state index in [0.717, 1.165) is 37.2 Å². The third kappa shape index (κ3) is 3.17. The van der Waals surface area contributed by atoms with Crippen molar-refractivity contribution in [2.45, 2.75) is 37.2 Å². The van der Waals surface area contributed by atoms with E-state index in [1.54, 1.807) is 18.5 Å². The fourth-order valence-corrected chi connectivity index (χ4v) is 3.90. The highest BCUT2D eigenvalue weighted by atomic mass is 32.2. The van der Waals surface area contributed by atoms with Crippen LogP contribution in [-0.4, -0.2) is 36.9 Å². The molecule has 23 heavy (non-hydrogen) atoms. The number of hydrogen-bond acceptors (Lipinski definition) is 4. The Morgan fingerprint density at radius 3 is 2.74 bits per heavy atom. The number of benzene rings is 1. The lowest BCUT2D eigenvalue weighted by molar-refractivity contribution is 0.167. The molecule has 2 heterocycles. The van der Waals surface area contributed by atoms with Gasteiger partial charge in [-0.25, -0.2) is 18.1 Å². The number of aromatic amines is 1. The number of rotatable bonds is 5. The minimum Gasteiger partial charge on any atom is -0.348 e. The SMILES string of the molecule is CCC1c2nc[nH]c2CCN1Cc1ccc(S(=O)(=O)NC)cc1. The summed E-state index contributed by atoms with van der Waals surface area (Å²) >= 11 is 0. The second kappa shape index (κ2) is 6.43. The van der Waals surface area contributed by atoms with Gasteiger partial charge in [0, 0.05) is 25.2 Å². The Balaban J connectivity index is 1.77. The van der Waals surface area contributed by atoms with Gasteiger partial charge >= 0.3 is 0 Å². The molecule has 0 saturated carbocycles. The highest BCUT2D eigenvalue weighted by Gasteiger charge is 2.28. The largest absolute Gasteiger partial charge is 0.348 e. The first-order valence-electron chi connectivity index (χ1n) is 7.84. The third-order valence-electron chi connectivity index (χ3n) is 4.43. The molecule has 2 N–H and O–H groups in total. The number of hydrogen-bond donors (Lipinski definition) is 2. The number of sulfonamides is 1. The van der Waals surface area contributed by atoms with Crippen molar-refractivity contribution in [3.8, 4) is 0 Å². The van der Waals surface area contributed by atoms with E-state index >= 15 is 0 Å². The molecule has 1 aliphatic heterocycles. The molecule has 1 atom stereocenters. The topological polar surface area (TPSA) is 78.1 Å². The number of aromatic nitrogens is 2.